The fourth-order valence-electron chi connectivity index (χ4n) is 4.03. The minimum absolute atomic E-state index is 0.0541. The molecular weight excluding hydrogens is 464 g/mol. The monoisotopic (exact) mass is 492 g/mol. The Morgan fingerprint density at radius 2 is 1.61 bits per heavy atom. The molecule has 5 rings (SSSR count). The van der Waals surface area contributed by atoms with Crippen molar-refractivity contribution in [1.82, 2.24) is 19.9 Å². The second-order valence-corrected chi connectivity index (χ2v) is 9.73. The molecule has 2 heterocycles. The molecule has 6 heteroatoms. The van der Waals surface area contributed by atoms with Crippen LogP contribution in [-0.4, -0.2) is 27.0 Å². The summed E-state index contributed by atoms with van der Waals surface area (Å²) in [6.07, 6.45) is 2.62. The van der Waals surface area contributed by atoms with Crippen LogP contribution < -0.4 is 5.32 Å². The van der Waals surface area contributed by atoms with Gasteiger partial charge in [0.25, 0.3) is 5.91 Å². The van der Waals surface area contributed by atoms with Gasteiger partial charge in [-0.25, -0.2) is 9.97 Å². The van der Waals surface area contributed by atoms with Crippen molar-refractivity contribution in [3.05, 3.63) is 125 Å². The van der Waals surface area contributed by atoms with Gasteiger partial charge in [0, 0.05) is 24.1 Å². The van der Waals surface area contributed by atoms with Crippen LogP contribution in [0.25, 0.3) is 11.2 Å². The van der Waals surface area contributed by atoms with Gasteiger partial charge in [-0.3, -0.25) is 9.36 Å². The predicted octanol–water partition coefficient (Wildman–Crippen LogP) is 6.05. The molecule has 2 aromatic heterocycles. The molecule has 36 heavy (non-hydrogen) atoms. The first-order valence-corrected chi connectivity index (χ1v) is 13.0. The number of hydrogen-bond acceptors (Lipinski definition) is 4. The standard InChI is InChI=1S/C30H28N4OS/c1-22-9-11-25(12-10-22)21-36-30-33-27-8-5-18-31-28(27)34(30)20-24-13-15-26(16-14-24)29(35)32-19-17-23-6-3-2-4-7-23/h2-16,18H,17,19-21H2,1H3,(H,32,35). The van der Waals surface area contributed by atoms with Crippen LogP contribution in [-0.2, 0) is 18.7 Å². The molecule has 5 nitrogen and oxygen atoms in total. The minimum Gasteiger partial charge on any atom is -0.352 e. The summed E-state index contributed by atoms with van der Waals surface area (Å²) in [6, 6.07) is 30.5. The average molecular weight is 493 g/mol. The van der Waals surface area contributed by atoms with Gasteiger partial charge >= 0.3 is 0 Å². The van der Waals surface area contributed by atoms with E-state index in [2.05, 4.69) is 58.2 Å². The number of benzene rings is 3. The maximum absolute atomic E-state index is 12.6. The first-order valence-electron chi connectivity index (χ1n) is 12.1. The second kappa shape index (κ2) is 11.2. The van der Waals surface area contributed by atoms with Gasteiger partial charge in [-0.2, -0.15) is 0 Å². The molecule has 0 fully saturated rings. The highest BCUT2D eigenvalue weighted by molar-refractivity contribution is 7.98. The molecule has 180 valence electrons. The molecule has 0 saturated carbocycles. The van der Waals surface area contributed by atoms with Crippen molar-refractivity contribution < 1.29 is 4.79 Å². The number of thioether (sulfide) groups is 1. The highest BCUT2D eigenvalue weighted by atomic mass is 32.2. The van der Waals surface area contributed by atoms with E-state index in [1.54, 1.807) is 18.0 Å². The summed E-state index contributed by atoms with van der Waals surface area (Å²) >= 11 is 1.71. The van der Waals surface area contributed by atoms with E-state index < -0.39 is 0 Å². The minimum atomic E-state index is -0.0541. The molecule has 1 N–H and O–H groups in total. The summed E-state index contributed by atoms with van der Waals surface area (Å²) < 4.78 is 2.16. The van der Waals surface area contributed by atoms with Gasteiger partial charge in [0.1, 0.15) is 5.52 Å². The van der Waals surface area contributed by atoms with Crippen LogP contribution in [0.4, 0.5) is 0 Å². The van der Waals surface area contributed by atoms with Crippen molar-refractivity contribution >= 4 is 28.8 Å². The first-order chi connectivity index (χ1) is 17.7. The maximum atomic E-state index is 12.6. The van der Waals surface area contributed by atoms with E-state index in [0.717, 1.165) is 34.1 Å². The van der Waals surface area contributed by atoms with Crippen LogP contribution in [0.15, 0.2) is 102 Å². The number of carbonyl (C=O) groups excluding carboxylic acids is 1. The van der Waals surface area contributed by atoms with Crippen LogP contribution in [0.5, 0.6) is 0 Å². The highest BCUT2D eigenvalue weighted by Crippen LogP contribution is 2.27. The second-order valence-electron chi connectivity index (χ2n) is 8.79. The third-order valence-electron chi connectivity index (χ3n) is 6.06. The summed E-state index contributed by atoms with van der Waals surface area (Å²) in [4.78, 5) is 22.0. The molecule has 0 aliphatic heterocycles. The van der Waals surface area contributed by atoms with E-state index in [4.69, 9.17) is 4.98 Å². The van der Waals surface area contributed by atoms with Gasteiger partial charge in [-0.15, -0.1) is 0 Å². The molecule has 0 radical (unpaired) electrons. The number of fused-ring (bicyclic) bond motifs is 1. The van der Waals surface area contributed by atoms with Crippen molar-refractivity contribution in [2.24, 2.45) is 0 Å². The molecule has 3 aromatic carbocycles. The van der Waals surface area contributed by atoms with Crippen LogP contribution in [0.2, 0.25) is 0 Å². The number of rotatable bonds is 9. The Labute approximate surface area is 215 Å². The van der Waals surface area contributed by atoms with E-state index in [0.29, 0.717) is 18.7 Å². The summed E-state index contributed by atoms with van der Waals surface area (Å²) in [5.74, 6) is 0.785. The van der Waals surface area contributed by atoms with Crippen LogP contribution in [0.3, 0.4) is 0 Å². The Morgan fingerprint density at radius 3 is 2.39 bits per heavy atom. The number of pyridine rings is 1. The Kier molecular flexibility index (Phi) is 7.43. The number of imidazole rings is 1. The normalized spacial score (nSPS) is 11.0. The number of carbonyl (C=O) groups is 1. The quantitative estimate of drug-likeness (QED) is 0.254. The molecule has 0 unspecified atom stereocenters. The number of aromatic nitrogens is 3. The molecule has 0 saturated heterocycles. The summed E-state index contributed by atoms with van der Waals surface area (Å²) in [6.45, 7) is 3.35. The lowest BCUT2D eigenvalue weighted by Crippen LogP contribution is -2.25. The molecule has 5 aromatic rings. The molecule has 0 aliphatic rings. The smallest absolute Gasteiger partial charge is 0.251 e. The fraction of sp³-hybridized carbons (Fsp3) is 0.167. The van der Waals surface area contributed by atoms with Crippen LogP contribution in [0.1, 0.15) is 32.6 Å². The van der Waals surface area contributed by atoms with Crippen molar-refractivity contribution in [3.8, 4) is 0 Å². The van der Waals surface area contributed by atoms with E-state index in [-0.39, 0.29) is 5.91 Å². The van der Waals surface area contributed by atoms with E-state index in [1.165, 1.54) is 16.7 Å². The van der Waals surface area contributed by atoms with E-state index in [1.807, 2.05) is 54.6 Å². The molecular formula is C30H28N4OS. The van der Waals surface area contributed by atoms with Gasteiger partial charge < -0.3 is 5.32 Å². The summed E-state index contributed by atoms with van der Waals surface area (Å²) in [5, 5.41) is 3.95. The summed E-state index contributed by atoms with van der Waals surface area (Å²) in [5.41, 5.74) is 7.25. The van der Waals surface area contributed by atoms with Gasteiger partial charge in [0.05, 0.1) is 6.54 Å². The van der Waals surface area contributed by atoms with Gasteiger partial charge in [0.15, 0.2) is 10.8 Å². The zero-order chi connectivity index (χ0) is 24.7. The molecule has 0 spiro atoms. The third kappa shape index (κ3) is 5.83. The zero-order valence-corrected chi connectivity index (χ0v) is 21.0. The number of amides is 1. The lowest BCUT2D eigenvalue weighted by atomic mass is 10.1. The van der Waals surface area contributed by atoms with Crippen molar-refractivity contribution in [3.63, 3.8) is 0 Å². The van der Waals surface area contributed by atoms with Crippen molar-refractivity contribution in [2.75, 3.05) is 6.54 Å². The first kappa shape index (κ1) is 23.8. The number of nitrogens with zero attached hydrogens (tertiary/aromatic N) is 3. The predicted molar refractivity (Wildman–Crippen MR) is 146 cm³/mol. The van der Waals surface area contributed by atoms with E-state index in [9.17, 15) is 4.79 Å². The van der Waals surface area contributed by atoms with Crippen LogP contribution in [0, 0.1) is 6.92 Å². The lowest BCUT2D eigenvalue weighted by molar-refractivity contribution is 0.0954. The molecule has 1 amide bonds. The van der Waals surface area contributed by atoms with Crippen molar-refractivity contribution in [2.45, 2.75) is 30.8 Å². The average Bonchev–Trinajstić information content (AvgIpc) is 3.26. The van der Waals surface area contributed by atoms with Gasteiger partial charge in [0.2, 0.25) is 0 Å². The maximum Gasteiger partial charge on any atom is 0.251 e. The zero-order valence-electron chi connectivity index (χ0n) is 20.2. The largest absolute Gasteiger partial charge is 0.352 e. The fourth-order valence-corrected chi connectivity index (χ4v) is 4.99. The SMILES string of the molecule is Cc1ccc(CSc2nc3cccnc3n2Cc2ccc(C(=O)NCCc3ccccc3)cc2)cc1. The molecule has 0 aliphatic carbocycles. The number of hydrogen-bond donors (Lipinski definition) is 1. The van der Waals surface area contributed by atoms with Gasteiger partial charge in [-0.1, -0.05) is 84.1 Å². The molecule has 0 bridgehead atoms. The van der Waals surface area contributed by atoms with Crippen LogP contribution >= 0.6 is 11.8 Å². The topological polar surface area (TPSA) is 59.8 Å². The third-order valence-corrected chi connectivity index (χ3v) is 7.10. The number of aryl methyl sites for hydroxylation is 1. The van der Waals surface area contributed by atoms with Crippen molar-refractivity contribution in [1.29, 1.82) is 0 Å². The van der Waals surface area contributed by atoms with Gasteiger partial charge in [-0.05, 0) is 54.3 Å². The summed E-state index contributed by atoms with van der Waals surface area (Å²) in [7, 11) is 0. The van der Waals surface area contributed by atoms with E-state index >= 15 is 0 Å². The Bertz CT molecular complexity index is 1440. The lowest BCUT2D eigenvalue weighted by Gasteiger charge is -2.10. The molecule has 0 atom stereocenters. The Balaban J connectivity index is 1.26. The Hall–Kier alpha value is -3.90. The highest BCUT2D eigenvalue weighted by Gasteiger charge is 2.13. The Morgan fingerprint density at radius 1 is 0.861 bits per heavy atom. The number of nitrogens with one attached hydrogen (secondary N) is 1.